The molecule has 7 nitrogen and oxygen atoms in total. The fourth-order valence-electron chi connectivity index (χ4n) is 3.35. The van der Waals surface area contributed by atoms with Crippen molar-refractivity contribution in [2.75, 3.05) is 12.0 Å². The number of amides is 2. The molecule has 0 aliphatic carbocycles. The molecule has 0 saturated carbocycles. The van der Waals surface area contributed by atoms with Crippen LogP contribution in [0.15, 0.2) is 76.5 Å². The average molecular weight is 435 g/mol. The van der Waals surface area contributed by atoms with Crippen LogP contribution >= 0.6 is 0 Å². The number of esters is 1. The average Bonchev–Trinajstić information content (AvgIpc) is 3.03. The third kappa shape index (κ3) is 3.40. The SMILES string of the molecule is COC(=O)c1ccc2c(c1)C(=O)N(c1ccc(S(=O)(=O)c3ccc(C)cc3)cc1)C2=O. The van der Waals surface area contributed by atoms with E-state index >= 15 is 0 Å². The molecule has 0 bridgehead atoms. The molecule has 0 spiro atoms. The monoisotopic (exact) mass is 435 g/mol. The van der Waals surface area contributed by atoms with Gasteiger partial charge < -0.3 is 4.74 Å². The highest BCUT2D eigenvalue weighted by atomic mass is 32.2. The number of aryl methyl sites for hydroxylation is 1. The highest BCUT2D eigenvalue weighted by Gasteiger charge is 2.37. The molecule has 31 heavy (non-hydrogen) atoms. The molecule has 0 N–H and O–H groups in total. The van der Waals surface area contributed by atoms with E-state index in [-0.39, 0.29) is 32.2 Å². The van der Waals surface area contributed by atoms with Gasteiger partial charge in [-0.25, -0.2) is 18.1 Å². The van der Waals surface area contributed by atoms with Crippen LogP contribution in [0, 0.1) is 6.92 Å². The number of imide groups is 1. The Bertz CT molecular complexity index is 1330. The molecule has 8 heteroatoms. The van der Waals surface area contributed by atoms with E-state index < -0.39 is 27.6 Å². The first kappa shape index (κ1) is 20.5. The normalized spacial score (nSPS) is 13.3. The van der Waals surface area contributed by atoms with Crippen molar-refractivity contribution in [1.29, 1.82) is 0 Å². The van der Waals surface area contributed by atoms with Gasteiger partial charge in [-0.3, -0.25) is 9.59 Å². The zero-order valence-electron chi connectivity index (χ0n) is 16.7. The van der Waals surface area contributed by atoms with Gasteiger partial charge in [-0.05, 0) is 61.5 Å². The summed E-state index contributed by atoms with van der Waals surface area (Å²) < 4.78 is 30.3. The fraction of sp³-hybridized carbons (Fsp3) is 0.0870. The molecular weight excluding hydrogens is 418 g/mol. The molecule has 1 aliphatic heterocycles. The Balaban J connectivity index is 1.66. The molecule has 0 radical (unpaired) electrons. The highest BCUT2D eigenvalue weighted by molar-refractivity contribution is 7.91. The minimum Gasteiger partial charge on any atom is -0.465 e. The molecule has 2 amide bonds. The number of carbonyl (C=O) groups excluding carboxylic acids is 3. The second-order valence-corrected chi connectivity index (χ2v) is 8.96. The molecule has 0 aromatic heterocycles. The standard InChI is InChI=1S/C23H17NO6S/c1-14-3-8-17(9-4-14)31(28,29)18-10-6-16(7-11-18)24-21(25)19-12-5-15(23(27)30-2)13-20(19)22(24)26/h3-13H,1-2H3. The Morgan fingerprint density at radius 3 is 1.94 bits per heavy atom. The van der Waals surface area contributed by atoms with Crippen molar-refractivity contribution in [1.82, 2.24) is 0 Å². The molecule has 0 fully saturated rings. The van der Waals surface area contributed by atoms with Crippen LogP contribution in [0.25, 0.3) is 0 Å². The Hall–Kier alpha value is -3.78. The molecule has 0 atom stereocenters. The van der Waals surface area contributed by atoms with Gasteiger partial charge in [-0.15, -0.1) is 0 Å². The fourth-order valence-corrected chi connectivity index (χ4v) is 4.61. The van der Waals surface area contributed by atoms with E-state index in [1.807, 2.05) is 6.92 Å². The van der Waals surface area contributed by atoms with Crippen LogP contribution < -0.4 is 4.90 Å². The lowest BCUT2D eigenvalue weighted by Gasteiger charge is -2.14. The van der Waals surface area contributed by atoms with Crippen molar-refractivity contribution in [2.45, 2.75) is 16.7 Å². The maximum absolute atomic E-state index is 12.8. The Morgan fingerprint density at radius 2 is 1.35 bits per heavy atom. The van der Waals surface area contributed by atoms with Gasteiger partial charge in [-0.1, -0.05) is 17.7 Å². The Labute approximate surface area is 178 Å². The first-order valence-corrected chi connectivity index (χ1v) is 10.8. The summed E-state index contributed by atoms with van der Waals surface area (Å²) in [6, 6.07) is 16.1. The van der Waals surface area contributed by atoms with E-state index in [2.05, 4.69) is 4.74 Å². The van der Waals surface area contributed by atoms with E-state index in [1.165, 1.54) is 61.7 Å². The lowest BCUT2D eigenvalue weighted by Crippen LogP contribution is -2.29. The smallest absolute Gasteiger partial charge is 0.337 e. The topological polar surface area (TPSA) is 97.8 Å². The van der Waals surface area contributed by atoms with Crippen molar-refractivity contribution in [3.05, 3.63) is 89.0 Å². The number of hydrogen-bond acceptors (Lipinski definition) is 6. The van der Waals surface area contributed by atoms with Gasteiger partial charge in [0.15, 0.2) is 0 Å². The van der Waals surface area contributed by atoms with E-state index in [9.17, 15) is 22.8 Å². The van der Waals surface area contributed by atoms with Crippen molar-refractivity contribution >= 4 is 33.3 Å². The van der Waals surface area contributed by atoms with E-state index in [0.29, 0.717) is 0 Å². The van der Waals surface area contributed by atoms with Crippen LogP contribution in [0.3, 0.4) is 0 Å². The quantitative estimate of drug-likeness (QED) is 0.460. The van der Waals surface area contributed by atoms with Gasteiger partial charge in [0.25, 0.3) is 11.8 Å². The number of carbonyl (C=O) groups is 3. The predicted molar refractivity (Wildman–Crippen MR) is 112 cm³/mol. The second kappa shape index (κ2) is 7.48. The van der Waals surface area contributed by atoms with Gasteiger partial charge >= 0.3 is 5.97 Å². The lowest BCUT2D eigenvalue weighted by atomic mass is 10.1. The first-order chi connectivity index (χ1) is 14.7. The molecular formula is C23H17NO6S. The highest BCUT2D eigenvalue weighted by Crippen LogP contribution is 2.31. The number of methoxy groups -OCH3 is 1. The minimum atomic E-state index is -3.73. The van der Waals surface area contributed by atoms with Gasteiger partial charge in [0.05, 0.1) is 39.3 Å². The second-order valence-electron chi connectivity index (χ2n) is 7.01. The first-order valence-electron chi connectivity index (χ1n) is 9.27. The Kier molecular flexibility index (Phi) is 4.94. The van der Waals surface area contributed by atoms with Crippen molar-refractivity contribution in [3.8, 4) is 0 Å². The number of anilines is 1. The summed E-state index contributed by atoms with van der Waals surface area (Å²) in [5.74, 6) is -1.77. The third-order valence-corrected chi connectivity index (χ3v) is 6.83. The van der Waals surface area contributed by atoms with E-state index in [1.54, 1.807) is 12.1 Å². The zero-order valence-corrected chi connectivity index (χ0v) is 17.5. The van der Waals surface area contributed by atoms with Crippen LogP contribution in [0.4, 0.5) is 5.69 Å². The van der Waals surface area contributed by atoms with Crippen LogP contribution in [0.1, 0.15) is 36.6 Å². The number of nitrogens with zero attached hydrogens (tertiary/aromatic N) is 1. The molecule has 3 aromatic carbocycles. The molecule has 4 rings (SSSR count). The predicted octanol–water partition coefficient (Wildman–Crippen LogP) is 3.42. The maximum atomic E-state index is 12.8. The Morgan fingerprint density at radius 1 is 0.806 bits per heavy atom. The van der Waals surface area contributed by atoms with E-state index in [0.717, 1.165) is 10.5 Å². The summed E-state index contributed by atoms with van der Waals surface area (Å²) in [5, 5.41) is 0. The van der Waals surface area contributed by atoms with Crippen LogP contribution in [0.2, 0.25) is 0 Å². The zero-order chi connectivity index (χ0) is 22.3. The maximum Gasteiger partial charge on any atom is 0.337 e. The summed E-state index contributed by atoms with van der Waals surface area (Å²) in [6.07, 6.45) is 0. The number of fused-ring (bicyclic) bond motifs is 1. The molecule has 0 saturated heterocycles. The van der Waals surface area contributed by atoms with Crippen molar-refractivity contribution in [3.63, 3.8) is 0 Å². The summed E-state index contributed by atoms with van der Waals surface area (Å²) in [7, 11) is -2.51. The van der Waals surface area contributed by atoms with Gasteiger partial charge in [-0.2, -0.15) is 0 Å². The van der Waals surface area contributed by atoms with Gasteiger partial charge in [0, 0.05) is 0 Å². The largest absolute Gasteiger partial charge is 0.465 e. The van der Waals surface area contributed by atoms with Crippen LogP contribution in [-0.2, 0) is 14.6 Å². The summed E-state index contributed by atoms with van der Waals surface area (Å²) in [5.41, 5.74) is 1.58. The summed E-state index contributed by atoms with van der Waals surface area (Å²) >= 11 is 0. The van der Waals surface area contributed by atoms with Crippen LogP contribution in [-0.4, -0.2) is 33.3 Å². The summed E-state index contributed by atoms with van der Waals surface area (Å²) in [6.45, 7) is 1.86. The lowest BCUT2D eigenvalue weighted by molar-refractivity contribution is 0.0600. The van der Waals surface area contributed by atoms with Gasteiger partial charge in [0.1, 0.15) is 0 Å². The summed E-state index contributed by atoms with van der Waals surface area (Å²) in [4.78, 5) is 38.5. The number of benzene rings is 3. The minimum absolute atomic E-state index is 0.0460. The number of rotatable bonds is 4. The third-order valence-electron chi connectivity index (χ3n) is 5.04. The van der Waals surface area contributed by atoms with Crippen molar-refractivity contribution in [2.24, 2.45) is 0 Å². The van der Waals surface area contributed by atoms with Gasteiger partial charge in [0.2, 0.25) is 9.84 Å². The van der Waals surface area contributed by atoms with Crippen molar-refractivity contribution < 1.29 is 27.5 Å². The number of ether oxygens (including phenoxy) is 1. The molecule has 1 aliphatic rings. The molecule has 1 heterocycles. The molecule has 156 valence electrons. The molecule has 0 unspecified atom stereocenters. The molecule has 3 aromatic rings. The number of sulfone groups is 1. The number of hydrogen-bond donors (Lipinski definition) is 0. The van der Waals surface area contributed by atoms with E-state index in [4.69, 9.17) is 0 Å². The van der Waals surface area contributed by atoms with Crippen LogP contribution in [0.5, 0.6) is 0 Å².